The number of nitrogens with one attached hydrogen (secondary N) is 2. The van der Waals surface area contributed by atoms with Gasteiger partial charge >= 0.3 is 17.8 Å². The zero-order valence-electron chi connectivity index (χ0n) is 12.6. The molecule has 0 radical (unpaired) electrons. The van der Waals surface area contributed by atoms with Crippen molar-refractivity contribution in [1.82, 2.24) is 5.32 Å². The molecule has 0 saturated heterocycles. The number of para-hydroxylation sites is 1. The van der Waals surface area contributed by atoms with E-state index in [-0.39, 0.29) is 5.41 Å². The van der Waals surface area contributed by atoms with Crippen molar-refractivity contribution in [1.29, 1.82) is 0 Å². The molecule has 3 N–H and O–H groups in total. The standard InChI is InChI=1S/C15H20N2O4/c1-9(14(20)21)16-12(18)13(19)17-11-8-6-5-7-10(11)15(2,3)4/h5-9H,1-4H3,(H,16,18)(H,17,19)(H,20,21)/t9-/m0/s1. The number of rotatable bonds is 3. The molecule has 1 atom stereocenters. The van der Waals surface area contributed by atoms with Crippen LogP contribution in [0.5, 0.6) is 0 Å². The third-order valence-electron chi connectivity index (χ3n) is 2.91. The predicted molar refractivity (Wildman–Crippen MR) is 79.0 cm³/mol. The van der Waals surface area contributed by atoms with Crippen molar-refractivity contribution in [3.05, 3.63) is 29.8 Å². The molecule has 0 fully saturated rings. The molecule has 0 heterocycles. The fourth-order valence-corrected chi connectivity index (χ4v) is 1.75. The third-order valence-corrected chi connectivity index (χ3v) is 2.91. The summed E-state index contributed by atoms with van der Waals surface area (Å²) in [4.78, 5) is 34.1. The zero-order chi connectivity index (χ0) is 16.2. The number of aliphatic carboxylic acids is 1. The molecule has 0 unspecified atom stereocenters. The zero-order valence-corrected chi connectivity index (χ0v) is 12.6. The first-order valence-corrected chi connectivity index (χ1v) is 6.57. The topological polar surface area (TPSA) is 95.5 Å². The normalized spacial score (nSPS) is 12.4. The number of hydrogen-bond donors (Lipinski definition) is 3. The summed E-state index contributed by atoms with van der Waals surface area (Å²) in [6.45, 7) is 7.26. The van der Waals surface area contributed by atoms with E-state index in [1.54, 1.807) is 12.1 Å². The Balaban J connectivity index is 2.85. The van der Waals surface area contributed by atoms with Gasteiger partial charge in [-0.3, -0.25) is 14.4 Å². The lowest BCUT2D eigenvalue weighted by molar-refractivity contribution is -0.143. The second kappa shape index (κ2) is 6.39. The first-order chi connectivity index (χ1) is 9.62. The molecule has 0 aliphatic rings. The Hall–Kier alpha value is -2.37. The van der Waals surface area contributed by atoms with E-state index in [0.717, 1.165) is 5.56 Å². The lowest BCUT2D eigenvalue weighted by Crippen LogP contribution is -2.44. The van der Waals surface area contributed by atoms with Crippen LogP contribution >= 0.6 is 0 Å². The van der Waals surface area contributed by atoms with E-state index in [9.17, 15) is 14.4 Å². The Bertz CT molecular complexity index is 561. The fourth-order valence-electron chi connectivity index (χ4n) is 1.75. The number of amides is 2. The molecule has 0 aliphatic carbocycles. The molecule has 1 rings (SSSR count). The van der Waals surface area contributed by atoms with Crippen molar-refractivity contribution in [2.45, 2.75) is 39.2 Å². The summed E-state index contributed by atoms with van der Waals surface area (Å²) in [6.07, 6.45) is 0. The minimum atomic E-state index is -1.20. The van der Waals surface area contributed by atoms with Gasteiger partial charge in [-0.05, 0) is 24.0 Å². The van der Waals surface area contributed by atoms with E-state index in [4.69, 9.17) is 5.11 Å². The van der Waals surface area contributed by atoms with Crippen molar-refractivity contribution in [3.8, 4) is 0 Å². The van der Waals surface area contributed by atoms with Gasteiger partial charge in [-0.2, -0.15) is 0 Å². The van der Waals surface area contributed by atoms with Gasteiger partial charge in [0.15, 0.2) is 0 Å². The molecular formula is C15H20N2O4. The Morgan fingerprint density at radius 2 is 1.67 bits per heavy atom. The van der Waals surface area contributed by atoms with Crippen LogP contribution in [-0.4, -0.2) is 28.9 Å². The highest BCUT2D eigenvalue weighted by Crippen LogP contribution is 2.29. The van der Waals surface area contributed by atoms with E-state index in [2.05, 4.69) is 10.6 Å². The molecule has 6 heteroatoms. The molecule has 6 nitrogen and oxygen atoms in total. The van der Waals surface area contributed by atoms with Crippen LogP contribution in [0.2, 0.25) is 0 Å². The summed E-state index contributed by atoms with van der Waals surface area (Å²) < 4.78 is 0. The highest BCUT2D eigenvalue weighted by molar-refractivity contribution is 6.40. The van der Waals surface area contributed by atoms with Crippen molar-refractivity contribution in [2.75, 3.05) is 5.32 Å². The highest BCUT2D eigenvalue weighted by atomic mass is 16.4. The van der Waals surface area contributed by atoms with Gasteiger partial charge in [0.05, 0.1) is 0 Å². The van der Waals surface area contributed by atoms with Crippen molar-refractivity contribution in [3.63, 3.8) is 0 Å². The second-order valence-corrected chi connectivity index (χ2v) is 5.78. The first kappa shape index (κ1) is 16.7. The number of carboxylic acid groups (broad SMARTS) is 1. The van der Waals surface area contributed by atoms with E-state index in [0.29, 0.717) is 5.69 Å². The number of hydrogen-bond acceptors (Lipinski definition) is 3. The molecule has 0 aromatic heterocycles. The quantitative estimate of drug-likeness (QED) is 0.736. The smallest absolute Gasteiger partial charge is 0.325 e. The molecule has 0 aliphatic heterocycles. The molecule has 0 bridgehead atoms. The summed E-state index contributed by atoms with van der Waals surface area (Å²) in [7, 11) is 0. The Kier molecular flexibility index (Phi) is 5.07. The third kappa shape index (κ3) is 4.59. The highest BCUT2D eigenvalue weighted by Gasteiger charge is 2.23. The monoisotopic (exact) mass is 292 g/mol. The van der Waals surface area contributed by atoms with Crippen LogP contribution in [0.1, 0.15) is 33.3 Å². The minimum absolute atomic E-state index is 0.200. The molecule has 0 spiro atoms. The Morgan fingerprint density at radius 1 is 1.10 bits per heavy atom. The van der Waals surface area contributed by atoms with E-state index in [1.165, 1.54) is 6.92 Å². The maximum atomic E-state index is 11.8. The van der Waals surface area contributed by atoms with Crippen LogP contribution < -0.4 is 10.6 Å². The molecule has 2 amide bonds. The molecule has 114 valence electrons. The van der Waals surface area contributed by atoms with Gasteiger partial charge in [-0.15, -0.1) is 0 Å². The minimum Gasteiger partial charge on any atom is -0.480 e. The first-order valence-electron chi connectivity index (χ1n) is 6.57. The van der Waals surface area contributed by atoms with E-state index >= 15 is 0 Å². The van der Waals surface area contributed by atoms with Crippen molar-refractivity contribution >= 4 is 23.5 Å². The summed E-state index contributed by atoms with van der Waals surface area (Å²) >= 11 is 0. The van der Waals surface area contributed by atoms with Gasteiger partial charge < -0.3 is 15.7 Å². The van der Waals surface area contributed by atoms with Gasteiger partial charge in [0, 0.05) is 5.69 Å². The Morgan fingerprint density at radius 3 is 2.19 bits per heavy atom. The fraction of sp³-hybridized carbons (Fsp3) is 0.400. The van der Waals surface area contributed by atoms with Crippen molar-refractivity contribution in [2.24, 2.45) is 0 Å². The van der Waals surface area contributed by atoms with Crippen LogP contribution in [0, 0.1) is 0 Å². The molecule has 0 saturated carbocycles. The van der Waals surface area contributed by atoms with Crippen LogP contribution in [0.4, 0.5) is 5.69 Å². The summed E-state index contributed by atoms with van der Waals surface area (Å²) in [5.41, 5.74) is 1.22. The summed E-state index contributed by atoms with van der Waals surface area (Å²) in [5, 5.41) is 13.3. The van der Waals surface area contributed by atoms with Gasteiger partial charge in [0.25, 0.3) is 0 Å². The number of benzene rings is 1. The lowest BCUT2D eigenvalue weighted by atomic mass is 9.86. The lowest BCUT2D eigenvalue weighted by Gasteiger charge is -2.22. The molecule has 1 aromatic rings. The molecular weight excluding hydrogens is 272 g/mol. The van der Waals surface area contributed by atoms with E-state index in [1.807, 2.05) is 32.9 Å². The van der Waals surface area contributed by atoms with Crippen molar-refractivity contribution < 1.29 is 19.5 Å². The summed E-state index contributed by atoms with van der Waals surface area (Å²) in [5.74, 6) is -3.07. The maximum absolute atomic E-state index is 11.8. The van der Waals surface area contributed by atoms with Crippen LogP contribution in [0.15, 0.2) is 24.3 Å². The Labute approximate surface area is 123 Å². The SMILES string of the molecule is C[C@H](NC(=O)C(=O)Nc1ccccc1C(C)(C)C)C(=O)O. The number of anilines is 1. The molecule has 21 heavy (non-hydrogen) atoms. The van der Waals surface area contributed by atoms with Crippen LogP contribution in [0.25, 0.3) is 0 Å². The summed E-state index contributed by atoms with van der Waals surface area (Å²) in [6, 6.07) is 6.05. The van der Waals surface area contributed by atoms with Gasteiger partial charge in [0.1, 0.15) is 6.04 Å². The van der Waals surface area contributed by atoms with Crippen LogP contribution in [0.3, 0.4) is 0 Å². The second-order valence-electron chi connectivity index (χ2n) is 5.78. The average molecular weight is 292 g/mol. The van der Waals surface area contributed by atoms with Gasteiger partial charge in [-0.1, -0.05) is 39.0 Å². The molecule has 1 aromatic carbocycles. The number of carbonyl (C=O) groups excluding carboxylic acids is 2. The van der Waals surface area contributed by atoms with Gasteiger partial charge in [0.2, 0.25) is 0 Å². The average Bonchev–Trinajstić information content (AvgIpc) is 2.37. The van der Waals surface area contributed by atoms with Gasteiger partial charge in [-0.25, -0.2) is 0 Å². The maximum Gasteiger partial charge on any atom is 0.325 e. The van der Waals surface area contributed by atoms with E-state index < -0.39 is 23.8 Å². The predicted octanol–water partition coefficient (Wildman–Crippen LogP) is 1.51. The number of carboxylic acids is 1. The number of carbonyl (C=O) groups is 3. The largest absolute Gasteiger partial charge is 0.480 e. The van der Waals surface area contributed by atoms with Crippen LogP contribution in [-0.2, 0) is 19.8 Å².